The number of imidazole rings is 2. The SMILES string of the molecule is OCc1nc(-c2ccccc2)[nH]c1CO.OCc1nc(-c2ccccc2)[nH]c1CO. The Morgan fingerprint density at radius 3 is 1.17 bits per heavy atom. The van der Waals surface area contributed by atoms with Crippen molar-refractivity contribution in [2.24, 2.45) is 0 Å². The third-order valence-corrected chi connectivity index (χ3v) is 4.44. The Morgan fingerprint density at radius 2 is 0.900 bits per heavy atom. The molecule has 0 spiro atoms. The first-order valence-electron chi connectivity index (χ1n) is 9.39. The maximum atomic E-state index is 9.03. The second kappa shape index (κ2) is 10.5. The number of aromatic amines is 2. The molecular weight excluding hydrogens is 384 g/mol. The minimum atomic E-state index is -0.167. The molecular formula is C22H24N4O4. The summed E-state index contributed by atoms with van der Waals surface area (Å²) in [5, 5.41) is 36.1. The summed E-state index contributed by atoms with van der Waals surface area (Å²) in [6.07, 6.45) is 0. The van der Waals surface area contributed by atoms with E-state index in [2.05, 4.69) is 19.9 Å². The first kappa shape index (κ1) is 21.4. The van der Waals surface area contributed by atoms with E-state index < -0.39 is 0 Å². The van der Waals surface area contributed by atoms with E-state index in [0.29, 0.717) is 34.4 Å². The van der Waals surface area contributed by atoms with Crippen LogP contribution < -0.4 is 0 Å². The zero-order valence-corrected chi connectivity index (χ0v) is 16.3. The summed E-state index contributed by atoms with van der Waals surface area (Å²) < 4.78 is 0. The lowest BCUT2D eigenvalue weighted by Crippen LogP contribution is -1.91. The van der Waals surface area contributed by atoms with Gasteiger partial charge in [0.2, 0.25) is 0 Å². The standard InChI is InChI=1S/2C11H12N2O2/c2*14-6-9-10(7-15)13-11(12-9)8-4-2-1-3-5-8/h2*1-5,14-15H,6-7H2,(H,12,13). The molecule has 30 heavy (non-hydrogen) atoms. The van der Waals surface area contributed by atoms with Crippen molar-refractivity contribution in [2.45, 2.75) is 26.4 Å². The molecule has 0 amide bonds. The lowest BCUT2D eigenvalue weighted by atomic mass is 10.2. The molecule has 0 aliphatic heterocycles. The van der Waals surface area contributed by atoms with Gasteiger partial charge >= 0.3 is 0 Å². The zero-order chi connectivity index (χ0) is 21.3. The summed E-state index contributed by atoms with van der Waals surface area (Å²) in [6, 6.07) is 19.2. The molecule has 0 saturated carbocycles. The molecule has 0 saturated heterocycles. The largest absolute Gasteiger partial charge is 0.390 e. The number of H-pyrrole nitrogens is 2. The molecule has 2 aromatic heterocycles. The van der Waals surface area contributed by atoms with Crippen LogP contribution in [0.25, 0.3) is 22.8 Å². The van der Waals surface area contributed by atoms with Crippen LogP contribution in [0, 0.1) is 0 Å². The quantitative estimate of drug-likeness (QED) is 0.289. The average Bonchev–Trinajstić information content (AvgIpc) is 3.44. The van der Waals surface area contributed by atoms with Gasteiger partial charge in [-0.05, 0) is 0 Å². The normalized spacial score (nSPS) is 10.5. The monoisotopic (exact) mass is 408 g/mol. The van der Waals surface area contributed by atoms with Gasteiger partial charge < -0.3 is 30.4 Å². The van der Waals surface area contributed by atoms with Gasteiger partial charge in [-0.2, -0.15) is 0 Å². The van der Waals surface area contributed by atoms with Gasteiger partial charge in [-0.25, -0.2) is 9.97 Å². The Hall–Kier alpha value is -3.30. The zero-order valence-electron chi connectivity index (χ0n) is 16.3. The number of aromatic nitrogens is 4. The topological polar surface area (TPSA) is 138 Å². The van der Waals surface area contributed by atoms with Crippen LogP contribution in [-0.2, 0) is 26.4 Å². The van der Waals surface area contributed by atoms with Gasteiger partial charge in [0.05, 0.1) is 49.2 Å². The third-order valence-electron chi connectivity index (χ3n) is 4.44. The van der Waals surface area contributed by atoms with Gasteiger partial charge in [0.25, 0.3) is 0 Å². The van der Waals surface area contributed by atoms with Crippen molar-refractivity contribution in [3.05, 3.63) is 83.4 Å². The maximum Gasteiger partial charge on any atom is 0.137 e. The molecule has 2 heterocycles. The van der Waals surface area contributed by atoms with Crippen molar-refractivity contribution in [3.63, 3.8) is 0 Å². The molecule has 156 valence electrons. The predicted molar refractivity (Wildman–Crippen MR) is 112 cm³/mol. The number of hydrogen-bond acceptors (Lipinski definition) is 6. The van der Waals surface area contributed by atoms with E-state index in [1.165, 1.54) is 0 Å². The van der Waals surface area contributed by atoms with Gasteiger partial charge in [0, 0.05) is 11.1 Å². The van der Waals surface area contributed by atoms with Crippen LogP contribution in [0.2, 0.25) is 0 Å². The van der Waals surface area contributed by atoms with E-state index in [9.17, 15) is 0 Å². The molecule has 4 rings (SSSR count). The Kier molecular flexibility index (Phi) is 7.47. The minimum Gasteiger partial charge on any atom is -0.390 e. The molecule has 8 heteroatoms. The molecule has 4 aromatic rings. The molecule has 8 nitrogen and oxygen atoms in total. The van der Waals surface area contributed by atoms with Crippen molar-refractivity contribution < 1.29 is 20.4 Å². The van der Waals surface area contributed by atoms with Crippen LogP contribution in [0.3, 0.4) is 0 Å². The summed E-state index contributed by atoms with van der Waals surface area (Å²) in [5.74, 6) is 1.34. The minimum absolute atomic E-state index is 0.143. The van der Waals surface area contributed by atoms with Crippen molar-refractivity contribution in [2.75, 3.05) is 0 Å². The molecule has 0 aliphatic rings. The van der Waals surface area contributed by atoms with E-state index in [1.54, 1.807) is 0 Å². The molecule has 0 bridgehead atoms. The Bertz CT molecular complexity index is 917. The van der Waals surface area contributed by atoms with Crippen LogP contribution in [0.15, 0.2) is 60.7 Å². The predicted octanol–water partition coefficient (Wildman–Crippen LogP) is 2.12. The highest BCUT2D eigenvalue weighted by Gasteiger charge is 2.10. The van der Waals surface area contributed by atoms with E-state index >= 15 is 0 Å². The highest BCUT2D eigenvalue weighted by molar-refractivity contribution is 5.56. The second-order valence-corrected chi connectivity index (χ2v) is 6.39. The number of nitrogens with one attached hydrogen (secondary N) is 2. The van der Waals surface area contributed by atoms with E-state index in [0.717, 1.165) is 11.1 Å². The van der Waals surface area contributed by atoms with Crippen LogP contribution in [0.1, 0.15) is 22.8 Å². The number of benzene rings is 2. The van der Waals surface area contributed by atoms with Gasteiger partial charge in [-0.1, -0.05) is 60.7 Å². The van der Waals surface area contributed by atoms with Crippen molar-refractivity contribution in [1.29, 1.82) is 0 Å². The number of hydrogen-bond donors (Lipinski definition) is 6. The van der Waals surface area contributed by atoms with Crippen LogP contribution in [-0.4, -0.2) is 40.4 Å². The summed E-state index contributed by atoms with van der Waals surface area (Å²) in [4.78, 5) is 14.4. The lowest BCUT2D eigenvalue weighted by molar-refractivity contribution is 0.255. The summed E-state index contributed by atoms with van der Waals surface area (Å²) in [7, 11) is 0. The van der Waals surface area contributed by atoms with Crippen molar-refractivity contribution in [1.82, 2.24) is 19.9 Å². The van der Waals surface area contributed by atoms with Gasteiger partial charge in [0.1, 0.15) is 11.6 Å². The summed E-state index contributed by atoms with van der Waals surface area (Å²) >= 11 is 0. The number of rotatable bonds is 6. The number of nitrogens with zero attached hydrogens (tertiary/aromatic N) is 2. The second-order valence-electron chi connectivity index (χ2n) is 6.39. The fourth-order valence-corrected chi connectivity index (χ4v) is 2.88. The molecule has 0 aliphatic carbocycles. The third kappa shape index (κ3) is 5.00. The van der Waals surface area contributed by atoms with Crippen LogP contribution >= 0.6 is 0 Å². The smallest absolute Gasteiger partial charge is 0.137 e. The van der Waals surface area contributed by atoms with Crippen molar-refractivity contribution in [3.8, 4) is 22.8 Å². The fourth-order valence-electron chi connectivity index (χ4n) is 2.88. The first-order chi connectivity index (χ1) is 14.7. The fraction of sp³-hybridized carbons (Fsp3) is 0.182. The van der Waals surface area contributed by atoms with E-state index in [1.807, 2.05) is 60.7 Å². The molecule has 0 fully saturated rings. The number of aliphatic hydroxyl groups excluding tert-OH is 4. The molecule has 0 radical (unpaired) electrons. The van der Waals surface area contributed by atoms with Crippen LogP contribution in [0.4, 0.5) is 0 Å². The highest BCUT2D eigenvalue weighted by Crippen LogP contribution is 2.19. The van der Waals surface area contributed by atoms with E-state index in [-0.39, 0.29) is 26.4 Å². The maximum absolute atomic E-state index is 9.03. The highest BCUT2D eigenvalue weighted by atomic mass is 16.3. The molecule has 2 aromatic carbocycles. The summed E-state index contributed by atoms with van der Waals surface area (Å²) in [6.45, 7) is -0.621. The lowest BCUT2D eigenvalue weighted by Gasteiger charge is -1.94. The Labute approximate surface area is 173 Å². The molecule has 0 atom stereocenters. The van der Waals surface area contributed by atoms with Crippen molar-refractivity contribution >= 4 is 0 Å². The van der Waals surface area contributed by atoms with Gasteiger partial charge in [-0.3, -0.25) is 0 Å². The van der Waals surface area contributed by atoms with Gasteiger partial charge in [-0.15, -0.1) is 0 Å². The van der Waals surface area contributed by atoms with E-state index in [4.69, 9.17) is 20.4 Å². The average molecular weight is 408 g/mol. The Balaban J connectivity index is 0.000000171. The summed E-state index contributed by atoms with van der Waals surface area (Å²) in [5.41, 5.74) is 4.00. The molecule has 6 N–H and O–H groups in total. The first-order valence-corrected chi connectivity index (χ1v) is 9.39. The number of aliphatic hydroxyl groups is 4. The Morgan fingerprint density at radius 1 is 0.533 bits per heavy atom. The molecule has 0 unspecified atom stereocenters. The van der Waals surface area contributed by atoms with Gasteiger partial charge in [0.15, 0.2) is 0 Å². The van der Waals surface area contributed by atoms with Crippen LogP contribution in [0.5, 0.6) is 0 Å².